The van der Waals surface area contributed by atoms with E-state index in [-0.39, 0.29) is 22.5 Å². The molecule has 15 heavy (non-hydrogen) atoms. The summed E-state index contributed by atoms with van der Waals surface area (Å²) in [5.41, 5.74) is 5.34. The Morgan fingerprint density at radius 3 is 2.60 bits per heavy atom. The number of hydrogen-bond donors (Lipinski definition) is 2. The predicted octanol–water partition coefficient (Wildman–Crippen LogP) is 0.966. The van der Waals surface area contributed by atoms with E-state index in [0.717, 1.165) is 0 Å². The van der Waals surface area contributed by atoms with Gasteiger partial charge in [-0.25, -0.2) is 13.1 Å². The fraction of sp³-hybridized carbons (Fsp3) is 0.333. The van der Waals surface area contributed by atoms with Crippen molar-refractivity contribution in [3.8, 4) is 0 Å². The summed E-state index contributed by atoms with van der Waals surface area (Å²) in [4.78, 5) is 0.0759. The molecule has 0 bridgehead atoms. The molecule has 1 rings (SSSR count). The molecule has 84 valence electrons. The van der Waals surface area contributed by atoms with Crippen LogP contribution in [-0.2, 0) is 10.0 Å². The zero-order valence-electron chi connectivity index (χ0n) is 8.27. The molecule has 0 aliphatic heterocycles. The van der Waals surface area contributed by atoms with Gasteiger partial charge in [0.05, 0.1) is 5.02 Å². The first kappa shape index (κ1) is 12.4. The Hall–Kier alpha value is -0.620. The highest BCUT2D eigenvalue weighted by Gasteiger charge is 2.18. The summed E-state index contributed by atoms with van der Waals surface area (Å²) in [6, 6.07) is 5.96. The van der Waals surface area contributed by atoms with Gasteiger partial charge in [0.1, 0.15) is 4.90 Å². The maximum Gasteiger partial charge on any atom is 0.242 e. The Morgan fingerprint density at radius 1 is 1.47 bits per heavy atom. The van der Waals surface area contributed by atoms with Crippen LogP contribution in [0.1, 0.15) is 6.92 Å². The van der Waals surface area contributed by atoms with Gasteiger partial charge in [0, 0.05) is 12.6 Å². The summed E-state index contributed by atoms with van der Waals surface area (Å²) in [5, 5.41) is 0.203. The Kier molecular flexibility index (Phi) is 4.10. The van der Waals surface area contributed by atoms with Gasteiger partial charge >= 0.3 is 0 Å². The van der Waals surface area contributed by atoms with Crippen molar-refractivity contribution in [2.75, 3.05) is 6.54 Å². The highest BCUT2D eigenvalue weighted by molar-refractivity contribution is 7.89. The van der Waals surface area contributed by atoms with E-state index in [4.69, 9.17) is 17.3 Å². The Morgan fingerprint density at radius 2 is 2.07 bits per heavy atom. The van der Waals surface area contributed by atoms with Gasteiger partial charge in [-0.15, -0.1) is 0 Å². The normalized spacial score (nSPS) is 13.8. The van der Waals surface area contributed by atoms with E-state index in [9.17, 15) is 8.42 Å². The van der Waals surface area contributed by atoms with Crippen LogP contribution >= 0.6 is 11.6 Å². The van der Waals surface area contributed by atoms with E-state index in [2.05, 4.69) is 4.72 Å². The highest BCUT2D eigenvalue weighted by atomic mass is 35.5. The van der Waals surface area contributed by atoms with Crippen LogP contribution in [0.2, 0.25) is 5.02 Å². The van der Waals surface area contributed by atoms with Crippen molar-refractivity contribution in [3.05, 3.63) is 29.3 Å². The largest absolute Gasteiger partial charge is 0.329 e. The molecule has 0 spiro atoms. The summed E-state index contributed by atoms with van der Waals surface area (Å²) >= 11 is 5.78. The number of nitrogens with one attached hydrogen (secondary N) is 1. The van der Waals surface area contributed by atoms with Gasteiger partial charge in [-0.2, -0.15) is 0 Å². The molecule has 1 aromatic carbocycles. The Balaban J connectivity index is 3.02. The van der Waals surface area contributed by atoms with Crippen molar-refractivity contribution in [3.63, 3.8) is 0 Å². The van der Waals surface area contributed by atoms with Crippen LogP contribution in [0.25, 0.3) is 0 Å². The first-order chi connectivity index (χ1) is 6.97. The van der Waals surface area contributed by atoms with Gasteiger partial charge in [-0.3, -0.25) is 0 Å². The fourth-order valence-electron chi connectivity index (χ4n) is 1.04. The summed E-state index contributed by atoms with van der Waals surface area (Å²) < 4.78 is 26.0. The molecule has 0 heterocycles. The number of sulfonamides is 1. The lowest BCUT2D eigenvalue weighted by Crippen LogP contribution is -2.37. The summed E-state index contributed by atoms with van der Waals surface area (Å²) in [6.07, 6.45) is 0. The van der Waals surface area contributed by atoms with Gasteiger partial charge in [0.25, 0.3) is 0 Å². The Labute approximate surface area is 94.5 Å². The van der Waals surface area contributed by atoms with Crippen molar-refractivity contribution < 1.29 is 8.42 Å². The second kappa shape index (κ2) is 4.94. The molecule has 0 fully saturated rings. The lowest BCUT2D eigenvalue weighted by molar-refractivity contribution is 0.563. The van der Waals surface area contributed by atoms with Crippen molar-refractivity contribution in [1.29, 1.82) is 0 Å². The molecular formula is C9H13ClN2O2S. The van der Waals surface area contributed by atoms with Crippen LogP contribution in [0.5, 0.6) is 0 Å². The zero-order chi connectivity index (χ0) is 11.5. The number of halogens is 1. The van der Waals surface area contributed by atoms with Crippen LogP contribution in [0.4, 0.5) is 0 Å². The predicted molar refractivity (Wildman–Crippen MR) is 60.3 cm³/mol. The molecule has 3 N–H and O–H groups in total. The topological polar surface area (TPSA) is 72.2 Å². The van der Waals surface area contributed by atoms with Gasteiger partial charge in [-0.1, -0.05) is 23.7 Å². The molecule has 0 radical (unpaired) electrons. The standard InChI is InChI=1S/C9H13ClN2O2S/c1-7(6-11)12-15(13,14)9-5-3-2-4-8(9)10/h2-5,7,12H,6,11H2,1H3/t7-/m1/s1. The van der Waals surface area contributed by atoms with E-state index in [1.165, 1.54) is 12.1 Å². The van der Waals surface area contributed by atoms with Crippen LogP contribution in [0.3, 0.4) is 0 Å². The van der Waals surface area contributed by atoms with E-state index in [0.29, 0.717) is 0 Å². The molecule has 0 aliphatic carbocycles. The fourth-order valence-corrected chi connectivity index (χ4v) is 2.81. The van der Waals surface area contributed by atoms with Gasteiger partial charge < -0.3 is 5.73 Å². The maximum atomic E-state index is 11.8. The van der Waals surface area contributed by atoms with Crippen molar-refractivity contribution >= 4 is 21.6 Å². The minimum Gasteiger partial charge on any atom is -0.329 e. The monoisotopic (exact) mass is 248 g/mol. The molecule has 1 aromatic rings. The molecule has 0 saturated carbocycles. The smallest absolute Gasteiger partial charge is 0.242 e. The van der Waals surface area contributed by atoms with Crippen LogP contribution in [0.15, 0.2) is 29.2 Å². The van der Waals surface area contributed by atoms with Gasteiger partial charge in [0.2, 0.25) is 10.0 Å². The Bertz CT molecular complexity index is 433. The maximum absolute atomic E-state index is 11.8. The van der Waals surface area contributed by atoms with E-state index in [1.807, 2.05) is 0 Å². The lowest BCUT2D eigenvalue weighted by Gasteiger charge is -2.12. The highest BCUT2D eigenvalue weighted by Crippen LogP contribution is 2.20. The zero-order valence-corrected chi connectivity index (χ0v) is 9.85. The van der Waals surface area contributed by atoms with Crippen LogP contribution in [-0.4, -0.2) is 21.0 Å². The second-order valence-electron chi connectivity index (χ2n) is 3.19. The summed E-state index contributed by atoms with van der Waals surface area (Å²) in [7, 11) is -3.56. The molecule has 0 aliphatic rings. The molecule has 4 nitrogen and oxygen atoms in total. The number of benzene rings is 1. The van der Waals surface area contributed by atoms with Gasteiger partial charge in [0.15, 0.2) is 0 Å². The summed E-state index contributed by atoms with van der Waals surface area (Å²) in [5.74, 6) is 0. The van der Waals surface area contributed by atoms with Crippen molar-refractivity contribution in [2.24, 2.45) is 5.73 Å². The number of nitrogens with two attached hydrogens (primary N) is 1. The van der Waals surface area contributed by atoms with E-state index >= 15 is 0 Å². The average Bonchev–Trinajstić information content (AvgIpc) is 2.17. The molecule has 0 amide bonds. The third kappa shape index (κ3) is 3.17. The van der Waals surface area contributed by atoms with Gasteiger partial charge in [-0.05, 0) is 19.1 Å². The summed E-state index contributed by atoms with van der Waals surface area (Å²) in [6.45, 7) is 1.93. The van der Waals surface area contributed by atoms with Crippen molar-refractivity contribution in [1.82, 2.24) is 4.72 Å². The molecular weight excluding hydrogens is 236 g/mol. The minimum atomic E-state index is -3.56. The molecule has 1 atom stereocenters. The third-order valence-corrected chi connectivity index (χ3v) is 3.93. The average molecular weight is 249 g/mol. The number of hydrogen-bond acceptors (Lipinski definition) is 3. The van der Waals surface area contributed by atoms with Crippen LogP contribution < -0.4 is 10.5 Å². The minimum absolute atomic E-state index is 0.0759. The lowest BCUT2D eigenvalue weighted by atomic mass is 10.4. The second-order valence-corrected chi connectivity index (χ2v) is 5.28. The molecule has 6 heteroatoms. The third-order valence-electron chi connectivity index (χ3n) is 1.84. The number of rotatable bonds is 4. The van der Waals surface area contributed by atoms with E-state index < -0.39 is 10.0 Å². The van der Waals surface area contributed by atoms with Crippen molar-refractivity contribution in [2.45, 2.75) is 17.9 Å². The van der Waals surface area contributed by atoms with E-state index in [1.54, 1.807) is 19.1 Å². The first-order valence-electron chi connectivity index (χ1n) is 4.44. The molecule has 0 unspecified atom stereocenters. The molecule has 0 saturated heterocycles. The van der Waals surface area contributed by atoms with Crippen LogP contribution in [0, 0.1) is 0 Å². The first-order valence-corrected chi connectivity index (χ1v) is 6.30. The SMILES string of the molecule is C[C@H](CN)NS(=O)(=O)c1ccccc1Cl. The molecule has 0 aromatic heterocycles. The quantitative estimate of drug-likeness (QED) is 0.834.